The van der Waals surface area contributed by atoms with Crippen LogP contribution < -0.4 is 5.32 Å². The van der Waals surface area contributed by atoms with Crippen LogP contribution in [0.1, 0.15) is 54.4 Å². The van der Waals surface area contributed by atoms with Crippen LogP contribution in [0.5, 0.6) is 0 Å². The third-order valence-electron chi connectivity index (χ3n) is 8.51. The Labute approximate surface area is 206 Å². The normalized spacial score (nSPS) is 32.5. The molecule has 0 radical (unpaired) electrons. The lowest BCUT2D eigenvalue weighted by atomic mass is 9.46. The van der Waals surface area contributed by atoms with Crippen LogP contribution in [-0.4, -0.2) is 55.6 Å². The van der Waals surface area contributed by atoms with Crippen molar-refractivity contribution < 1.29 is 23.1 Å². The zero-order valence-corrected chi connectivity index (χ0v) is 20.6. The topological polar surface area (TPSA) is 95.9 Å². The number of ether oxygens (including phenoxy) is 1. The van der Waals surface area contributed by atoms with Crippen molar-refractivity contribution in [3.63, 3.8) is 0 Å². The van der Waals surface area contributed by atoms with E-state index in [9.17, 15) is 18.3 Å². The summed E-state index contributed by atoms with van der Waals surface area (Å²) in [7, 11) is -3.59. The molecule has 4 saturated carbocycles. The minimum atomic E-state index is -3.59. The fourth-order valence-electron chi connectivity index (χ4n) is 7.38. The Morgan fingerprint density at radius 2 is 1.57 bits per heavy atom. The molecule has 2 aromatic carbocycles. The maximum Gasteiger partial charge on any atom is 0.255 e. The van der Waals surface area contributed by atoms with Crippen molar-refractivity contribution >= 4 is 21.6 Å². The van der Waals surface area contributed by atoms with E-state index in [1.807, 2.05) is 12.1 Å². The monoisotopic (exact) mass is 496 g/mol. The van der Waals surface area contributed by atoms with Gasteiger partial charge in [-0.3, -0.25) is 4.79 Å². The molecule has 7 nitrogen and oxygen atoms in total. The van der Waals surface area contributed by atoms with Crippen molar-refractivity contribution in [2.45, 2.75) is 54.4 Å². The first-order valence-electron chi connectivity index (χ1n) is 12.6. The quantitative estimate of drug-likeness (QED) is 0.660. The Bertz CT molecular complexity index is 1210. The molecule has 5 fully saturated rings. The molecule has 186 valence electrons. The summed E-state index contributed by atoms with van der Waals surface area (Å²) in [4.78, 5) is 13.0. The van der Waals surface area contributed by atoms with Gasteiger partial charge in [-0.1, -0.05) is 12.1 Å². The van der Waals surface area contributed by atoms with Crippen LogP contribution in [0.3, 0.4) is 0 Å². The van der Waals surface area contributed by atoms with Gasteiger partial charge in [-0.2, -0.15) is 4.31 Å². The molecule has 1 amide bonds. The van der Waals surface area contributed by atoms with Gasteiger partial charge in [-0.15, -0.1) is 0 Å². The standard InChI is InChI=1S/C27H32N2O5S/c30-25(21-1-7-24(8-2-21)35(32,33)29-9-11-34-12-10-29)28-23-5-3-22(4-6-23)26-14-19-13-20(15-26)17-27(31,16-19)18-26/h1-8,19-20,31H,9-18H2,(H,28,30)/t19-,20-,26?,27?/m1/s1. The first-order chi connectivity index (χ1) is 16.7. The second-order valence-corrected chi connectivity index (χ2v) is 13.0. The van der Waals surface area contributed by atoms with E-state index in [1.165, 1.54) is 28.4 Å². The average Bonchev–Trinajstić information content (AvgIpc) is 2.83. The molecule has 2 atom stereocenters. The lowest BCUT2D eigenvalue weighted by Gasteiger charge is -2.60. The number of hydrogen-bond donors (Lipinski definition) is 2. The second kappa shape index (κ2) is 8.40. The molecule has 0 spiro atoms. The minimum absolute atomic E-state index is 0.0587. The van der Waals surface area contributed by atoms with E-state index in [2.05, 4.69) is 17.4 Å². The number of sulfonamides is 1. The number of carbonyl (C=O) groups is 1. The van der Waals surface area contributed by atoms with Gasteiger partial charge in [-0.25, -0.2) is 8.42 Å². The van der Waals surface area contributed by atoms with Crippen LogP contribution in [0, 0.1) is 11.8 Å². The smallest absolute Gasteiger partial charge is 0.255 e. The number of benzene rings is 2. The SMILES string of the molecule is O=C(Nc1ccc(C23C[C@H]4C[C@@H](CC(O)(C4)C2)C3)cc1)c1ccc(S(=O)(=O)N2CCOCC2)cc1. The summed E-state index contributed by atoms with van der Waals surface area (Å²) in [5.41, 5.74) is 1.92. The van der Waals surface area contributed by atoms with Crippen molar-refractivity contribution in [1.82, 2.24) is 4.31 Å². The van der Waals surface area contributed by atoms with Gasteiger partial charge < -0.3 is 15.2 Å². The summed E-state index contributed by atoms with van der Waals surface area (Å²) in [6, 6.07) is 14.1. The minimum Gasteiger partial charge on any atom is -0.390 e. The Balaban J connectivity index is 1.14. The molecule has 4 bridgehead atoms. The number of carbonyl (C=O) groups excluding carboxylic acids is 1. The number of amides is 1. The fraction of sp³-hybridized carbons (Fsp3) is 0.519. The van der Waals surface area contributed by atoms with E-state index in [1.54, 1.807) is 12.1 Å². The molecule has 1 aliphatic heterocycles. The highest BCUT2D eigenvalue weighted by Gasteiger charge is 2.57. The zero-order chi connectivity index (χ0) is 24.3. The molecule has 0 unspecified atom stereocenters. The first-order valence-corrected chi connectivity index (χ1v) is 14.0. The maximum atomic E-state index is 12.8. The van der Waals surface area contributed by atoms with Crippen LogP contribution in [0.2, 0.25) is 0 Å². The van der Waals surface area contributed by atoms with Gasteiger partial charge in [-0.05, 0) is 97.7 Å². The number of aliphatic hydroxyl groups is 1. The van der Waals surface area contributed by atoms with Gasteiger partial charge in [0.25, 0.3) is 5.91 Å². The van der Waals surface area contributed by atoms with Crippen LogP contribution in [0.15, 0.2) is 53.4 Å². The first kappa shape index (κ1) is 23.2. The highest BCUT2D eigenvalue weighted by molar-refractivity contribution is 7.89. The van der Waals surface area contributed by atoms with Crippen LogP contribution in [0.25, 0.3) is 0 Å². The Morgan fingerprint density at radius 3 is 2.17 bits per heavy atom. The number of nitrogens with zero attached hydrogens (tertiary/aromatic N) is 1. The maximum absolute atomic E-state index is 12.8. The lowest BCUT2D eigenvalue weighted by molar-refractivity contribution is -0.136. The number of morpholine rings is 1. The van der Waals surface area contributed by atoms with E-state index in [-0.39, 0.29) is 16.2 Å². The Morgan fingerprint density at radius 1 is 0.943 bits per heavy atom. The third-order valence-corrected chi connectivity index (χ3v) is 10.4. The summed E-state index contributed by atoms with van der Waals surface area (Å²) in [6.07, 6.45) is 6.30. The molecule has 4 aliphatic carbocycles. The van der Waals surface area contributed by atoms with Gasteiger partial charge >= 0.3 is 0 Å². The predicted molar refractivity (Wildman–Crippen MR) is 132 cm³/mol. The number of rotatable bonds is 5. The Kier molecular flexibility index (Phi) is 5.56. The van der Waals surface area contributed by atoms with Crippen LogP contribution >= 0.6 is 0 Å². The Hall–Kier alpha value is -2.26. The van der Waals surface area contributed by atoms with Crippen LogP contribution in [-0.2, 0) is 20.2 Å². The van der Waals surface area contributed by atoms with Crippen molar-refractivity contribution in [3.8, 4) is 0 Å². The molecular weight excluding hydrogens is 464 g/mol. The molecule has 1 heterocycles. The van der Waals surface area contributed by atoms with Crippen molar-refractivity contribution in [2.24, 2.45) is 11.8 Å². The van der Waals surface area contributed by atoms with E-state index in [0.29, 0.717) is 49.4 Å². The second-order valence-electron chi connectivity index (χ2n) is 11.0. The zero-order valence-electron chi connectivity index (χ0n) is 19.8. The summed E-state index contributed by atoms with van der Waals surface area (Å²) >= 11 is 0. The molecule has 1 saturated heterocycles. The molecule has 7 rings (SSSR count). The van der Waals surface area contributed by atoms with Crippen molar-refractivity contribution in [2.75, 3.05) is 31.6 Å². The highest BCUT2D eigenvalue weighted by atomic mass is 32.2. The number of hydrogen-bond acceptors (Lipinski definition) is 5. The molecule has 2 N–H and O–H groups in total. The number of anilines is 1. The molecule has 8 heteroatoms. The van der Waals surface area contributed by atoms with E-state index < -0.39 is 15.6 Å². The molecule has 5 aliphatic rings. The van der Waals surface area contributed by atoms with Gasteiger partial charge in [0.1, 0.15) is 0 Å². The van der Waals surface area contributed by atoms with E-state index in [4.69, 9.17) is 4.74 Å². The highest BCUT2D eigenvalue weighted by Crippen LogP contribution is 2.62. The molecule has 35 heavy (non-hydrogen) atoms. The summed E-state index contributed by atoms with van der Waals surface area (Å²) in [5.74, 6) is 0.962. The average molecular weight is 497 g/mol. The van der Waals surface area contributed by atoms with E-state index >= 15 is 0 Å². The predicted octanol–water partition coefficient (Wildman–Crippen LogP) is 3.54. The largest absolute Gasteiger partial charge is 0.390 e. The van der Waals surface area contributed by atoms with Gasteiger partial charge in [0.05, 0.1) is 23.7 Å². The molecule has 2 aromatic rings. The van der Waals surface area contributed by atoms with Crippen molar-refractivity contribution in [1.29, 1.82) is 0 Å². The number of nitrogens with one attached hydrogen (secondary N) is 1. The van der Waals surface area contributed by atoms with Gasteiger partial charge in [0.15, 0.2) is 0 Å². The fourth-order valence-corrected chi connectivity index (χ4v) is 8.78. The summed E-state index contributed by atoms with van der Waals surface area (Å²) in [5, 5.41) is 14.0. The van der Waals surface area contributed by atoms with Crippen LogP contribution in [0.4, 0.5) is 5.69 Å². The third kappa shape index (κ3) is 4.20. The van der Waals surface area contributed by atoms with Gasteiger partial charge in [0.2, 0.25) is 10.0 Å². The molecule has 0 aromatic heterocycles. The van der Waals surface area contributed by atoms with Gasteiger partial charge in [0, 0.05) is 24.3 Å². The van der Waals surface area contributed by atoms with Crippen molar-refractivity contribution in [3.05, 3.63) is 59.7 Å². The summed E-state index contributed by atoms with van der Waals surface area (Å²) in [6.45, 7) is 1.45. The molecular formula is C27H32N2O5S. The van der Waals surface area contributed by atoms with E-state index in [0.717, 1.165) is 32.1 Å². The lowest BCUT2D eigenvalue weighted by Crippen LogP contribution is -2.57. The summed E-state index contributed by atoms with van der Waals surface area (Å²) < 4.78 is 32.2.